The zero-order valence-electron chi connectivity index (χ0n) is 11.9. The predicted molar refractivity (Wildman–Crippen MR) is 76.0 cm³/mol. The van der Waals surface area contributed by atoms with Gasteiger partial charge >= 0.3 is 0 Å². The number of rotatable bonds is 1. The largest absolute Gasteiger partial charge is 0.482 e. The Hall–Kier alpha value is -1.71. The summed E-state index contributed by atoms with van der Waals surface area (Å²) >= 11 is 0. The second-order valence-corrected chi connectivity index (χ2v) is 5.55. The van der Waals surface area contributed by atoms with Crippen LogP contribution in [0.1, 0.15) is 32.6 Å². The maximum absolute atomic E-state index is 12.6. The van der Waals surface area contributed by atoms with E-state index in [1.54, 1.807) is 0 Å². The van der Waals surface area contributed by atoms with Crippen molar-refractivity contribution in [1.82, 2.24) is 4.90 Å². The molecular formula is C16H21NO3. The van der Waals surface area contributed by atoms with Crippen LogP contribution in [0.5, 0.6) is 11.5 Å². The molecule has 4 heteroatoms. The van der Waals surface area contributed by atoms with Crippen LogP contribution in [0.15, 0.2) is 24.3 Å². The van der Waals surface area contributed by atoms with E-state index in [-0.39, 0.29) is 12.0 Å². The number of benzene rings is 1. The minimum absolute atomic E-state index is 0.0638. The van der Waals surface area contributed by atoms with E-state index >= 15 is 0 Å². The number of para-hydroxylation sites is 2. The first-order valence-electron chi connectivity index (χ1n) is 7.47. The van der Waals surface area contributed by atoms with Crippen LogP contribution in [0.2, 0.25) is 0 Å². The highest BCUT2D eigenvalue weighted by molar-refractivity contribution is 5.82. The zero-order valence-corrected chi connectivity index (χ0v) is 11.9. The van der Waals surface area contributed by atoms with Gasteiger partial charge in [-0.05, 0) is 31.9 Å². The highest BCUT2D eigenvalue weighted by Crippen LogP contribution is 2.34. The Bertz CT molecular complexity index is 480. The molecule has 1 amide bonds. The van der Waals surface area contributed by atoms with Gasteiger partial charge in [0.05, 0.1) is 0 Å². The Morgan fingerprint density at radius 1 is 1.05 bits per heavy atom. The van der Waals surface area contributed by atoms with Crippen LogP contribution in [0.25, 0.3) is 0 Å². The first kappa shape index (κ1) is 13.3. The van der Waals surface area contributed by atoms with E-state index in [1.807, 2.05) is 36.1 Å². The molecular weight excluding hydrogens is 254 g/mol. The number of hydrogen-bond acceptors (Lipinski definition) is 3. The van der Waals surface area contributed by atoms with Crippen molar-refractivity contribution in [2.24, 2.45) is 0 Å². The van der Waals surface area contributed by atoms with Gasteiger partial charge in [0.25, 0.3) is 5.91 Å². The number of amides is 1. The summed E-state index contributed by atoms with van der Waals surface area (Å²) in [5.74, 6) is 1.45. The highest BCUT2D eigenvalue weighted by Gasteiger charge is 2.36. The third-order valence-corrected chi connectivity index (χ3v) is 4.00. The molecule has 2 heterocycles. The van der Waals surface area contributed by atoms with E-state index in [4.69, 9.17) is 9.47 Å². The number of likely N-dealkylation sites (tertiary alicyclic amines) is 1. The molecule has 2 aliphatic heterocycles. The Morgan fingerprint density at radius 3 is 2.30 bits per heavy atom. The van der Waals surface area contributed by atoms with Crippen molar-refractivity contribution in [3.8, 4) is 11.5 Å². The van der Waals surface area contributed by atoms with Gasteiger partial charge in [0, 0.05) is 13.1 Å². The minimum atomic E-state index is -0.525. The van der Waals surface area contributed by atoms with Gasteiger partial charge in [0.2, 0.25) is 6.10 Å². The normalized spacial score (nSPS) is 25.9. The van der Waals surface area contributed by atoms with Crippen LogP contribution in [0.3, 0.4) is 0 Å². The lowest BCUT2D eigenvalue weighted by Crippen LogP contribution is -2.50. The number of hydrogen-bond donors (Lipinski definition) is 0. The van der Waals surface area contributed by atoms with Crippen molar-refractivity contribution in [3.05, 3.63) is 24.3 Å². The first-order chi connectivity index (χ1) is 9.75. The van der Waals surface area contributed by atoms with Crippen LogP contribution in [-0.4, -0.2) is 36.1 Å². The van der Waals surface area contributed by atoms with Gasteiger partial charge < -0.3 is 14.4 Å². The lowest BCUT2D eigenvalue weighted by Gasteiger charge is -2.34. The molecule has 3 rings (SSSR count). The third-order valence-electron chi connectivity index (χ3n) is 4.00. The van der Waals surface area contributed by atoms with Gasteiger partial charge in [-0.1, -0.05) is 25.0 Å². The van der Waals surface area contributed by atoms with Crippen molar-refractivity contribution >= 4 is 5.91 Å². The summed E-state index contributed by atoms with van der Waals surface area (Å²) in [5, 5.41) is 0. The van der Waals surface area contributed by atoms with Gasteiger partial charge in [-0.25, -0.2) is 0 Å². The van der Waals surface area contributed by atoms with E-state index in [1.165, 1.54) is 12.8 Å². The number of fused-ring (bicyclic) bond motifs is 1. The van der Waals surface area contributed by atoms with Gasteiger partial charge in [-0.3, -0.25) is 4.79 Å². The van der Waals surface area contributed by atoms with Crippen LogP contribution in [-0.2, 0) is 4.79 Å². The Labute approximate surface area is 119 Å². The van der Waals surface area contributed by atoms with Gasteiger partial charge in [-0.15, -0.1) is 0 Å². The SMILES string of the molecule is C[C@H]1Oc2ccccc2O[C@H]1C(=O)N1CCCCCC1. The van der Waals surface area contributed by atoms with Crippen molar-refractivity contribution in [2.45, 2.75) is 44.8 Å². The molecule has 108 valence electrons. The quantitative estimate of drug-likeness (QED) is 0.791. The summed E-state index contributed by atoms with van der Waals surface area (Å²) in [7, 11) is 0. The number of carbonyl (C=O) groups excluding carboxylic acids is 1. The topological polar surface area (TPSA) is 38.8 Å². The molecule has 2 aliphatic rings. The first-order valence-corrected chi connectivity index (χ1v) is 7.47. The van der Waals surface area contributed by atoms with Crippen molar-refractivity contribution in [2.75, 3.05) is 13.1 Å². The molecule has 0 spiro atoms. The molecule has 1 saturated heterocycles. The maximum atomic E-state index is 12.6. The molecule has 20 heavy (non-hydrogen) atoms. The highest BCUT2D eigenvalue weighted by atomic mass is 16.6. The van der Waals surface area contributed by atoms with E-state index in [0.717, 1.165) is 31.7 Å². The molecule has 0 saturated carbocycles. The predicted octanol–water partition coefficient (Wildman–Crippen LogP) is 2.62. The number of carbonyl (C=O) groups is 1. The summed E-state index contributed by atoms with van der Waals surface area (Å²) in [5.41, 5.74) is 0. The maximum Gasteiger partial charge on any atom is 0.267 e. The van der Waals surface area contributed by atoms with Gasteiger partial charge in [0.1, 0.15) is 6.10 Å². The van der Waals surface area contributed by atoms with Gasteiger partial charge in [-0.2, -0.15) is 0 Å². The summed E-state index contributed by atoms with van der Waals surface area (Å²) in [6.07, 6.45) is 3.83. The summed E-state index contributed by atoms with van der Waals surface area (Å²) in [4.78, 5) is 14.6. The van der Waals surface area contributed by atoms with E-state index < -0.39 is 6.10 Å². The van der Waals surface area contributed by atoms with E-state index in [0.29, 0.717) is 5.75 Å². The Balaban J connectivity index is 1.75. The summed E-state index contributed by atoms with van der Waals surface area (Å²) in [6.45, 7) is 3.58. The molecule has 0 radical (unpaired) electrons. The lowest BCUT2D eigenvalue weighted by atomic mass is 10.1. The fraction of sp³-hybridized carbons (Fsp3) is 0.562. The smallest absolute Gasteiger partial charge is 0.267 e. The number of nitrogens with zero attached hydrogens (tertiary/aromatic N) is 1. The second kappa shape index (κ2) is 5.73. The fourth-order valence-corrected chi connectivity index (χ4v) is 2.86. The molecule has 0 aliphatic carbocycles. The molecule has 2 atom stereocenters. The fourth-order valence-electron chi connectivity index (χ4n) is 2.86. The monoisotopic (exact) mass is 275 g/mol. The van der Waals surface area contributed by atoms with Crippen LogP contribution < -0.4 is 9.47 Å². The molecule has 1 fully saturated rings. The number of ether oxygens (including phenoxy) is 2. The van der Waals surface area contributed by atoms with Crippen molar-refractivity contribution < 1.29 is 14.3 Å². The van der Waals surface area contributed by atoms with Crippen molar-refractivity contribution in [3.63, 3.8) is 0 Å². The summed E-state index contributed by atoms with van der Waals surface area (Å²) < 4.78 is 11.7. The Morgan fingerprint density at radius 2 is 1.65 bits per heavy atom. The molecule has 0 bridgehead atoms. The molecule has 4 nitrogen and oxygen atoms in total. The standard InChI is InChI=1S/C16H21NO3/c1-12-15(16(18)17-10-6-2-3-7-11-17)20-14-9-5-4-8-13(14)19-12/h4-5,8-9,12,15H,2-3,6-7,10-11H2,1H3/t12-,15-/m1/s1. The average molecular weight is 275 g/mol. The summed E-state index contributed by atoms with van der Waals surface area (Å²) in [6, 6.07) is 7.53. The zero-order chi connectivity index (χ0) is 13.9. The minimum Gasteiger partial charge on any atom is -0.482 e. The molecule has 0 unspecified atom stereocenters. The van der Waals surface area contributed by atoms with Crippen LogP contribution in [0, 0.1) is 0 Å². The van der Waals surface area contributed by atoms with Crippen LogP contribution in [0.4, 0.5) is 0 Å². The average Bonchev–Trinajstić information content (AvgIpc) is 2.75. The van der Waals surface area contributed by atoms with Crippen molar-refractivity contribution in [1.29, 1.82) is 0 Å². The second-order valence-electron chi connectivity index (χ2n) is 5.55. The van der Waals surface area contributed by atoms with E-state index in [2.05, 4.69) is 0 Å². The molecule has 0 N–H and O–H groups in total. The molecule has 1 aromatic carbocycles. The molecule has 0 aromatic heterocycles. The van der Waals surface area contributed by atoms with Crippen LogP contribution >= 0.6 is 0 Å². The third kappa shape index (κ3) is 2.60. The lowest BCUT2D eigenvalue weighted by molar-refractivity contribution is -0.144. The Kier molecular flexibility index (Phi) is 3.81. The molecule has 1 aromatic rings. The van der Waals surface area contributed by atoms with Gasteiger partial charge in [0.15, 0.2) is 11.5 Å². The van der Waals surface area contributed by atoms with E-state index in [9.17, 15) is 4.79 Å².